The average molecular weight is 374 g/mol. The first-order valence-corrected chi connectivity index (χ1v) is 9.63. The number of fused-ring (bicyclic) bond motifs is 1. The van der Waals surface area contributed by atoms with Crippen LogP contribution >= 0.6 is 0 Å². The minimum absolute atomic E-state index is 0.000513. The number of H-pyrrole nitrogens is 1. The SMILES string of the molecule is Cc1ccc2[nH]c(=O)c(CCNS(=O)(=O)c3ccc(F)c(C)c3)cc2c1. The molecule has 3 rings (SSSR count). The third-order valence-corrected chi connectivity index (χ3v) is 5.66. The molecule has 0 amide bonds. The van der Waals surface area contributed by atoms with Gasteiger partial charge < -0.3 is 4.98 Å². The molecular weight excluding hydrogens is 355 g/mol. The lowest BCUT2D eigenvalue weighted by atomic mass is 10.1. The first-order chi connectivity index (χ1) is 12.3. The van der Waals surface area contributed by atoms with E-state index in [-0.39, 0.29) is 29.0 Å². The number of aromatic nitrogens is 1. The molecule has 1 heterocycles. The molecule has 136 valence electrons. The quantitative estimate of drug-likeness (QED) is 0.721. The van der Waals surface area contributed by atoms with Crippen molar-refractivity contribution in [3.05, 3.63) is 75.3 Å². The minimum atomic E-state index is -3.76. The molecule has 0 saturated heterocycles. The van der Waals surface area contributed by atoms with Gasteiger partial charge in [-0.2, -0.15) is 0 Å². The monoisotopic (exact) mass is 374 g/mol. The van der Waals surface area contributed by atoms with Crippen LogP contribution in [-0.4, -0.2) is 19.9 Å². The summed E-state index contributed by atoms with van der Waals surface area (Å²) in [5.41, 5.74) is 2.34. The van der Waals surface area contributed by atoms with E-state index in [2.05, 4.69) is 9.71 Å². The van der Waals surface area contributed by atoms with Crippen molar-refractivity contribution in [2.75, 3.05) is 6.54 Å². The molecule has 0 spiro atoms. The van der Waals surface area contributed by atoms with E-state index in [4.69, 9.17) is 0 Å². The molecule has 0 aliphatic carbocycles. The van der Waals surface area contributed by atoms with Gasteiger partial charge in [0.2, 0.25) is 10.0 Å². The van der Waals surface area contributed by atoms with Gasteiger partial charge in [-0.15, -0.1) is 0 Å². The average Bonchev–Trinajstić information content (AvgIpc) is 2.58. The number of sulfonamides is 1. The molecule has 0 unspecified atom stereocenters. The van der Waals surface area contributed by atoms with E-state index in [0.717, 1.165) is 22.5 Å². The van der Waals surface area contributed by atoms with Crippen LogP contribution in [0.2, 0.25) is 0 Å². The summed E-state index contributed by atoms with van der Waals surface area (Å²) in [5.74, 6) is -0.457. The summed E-state index contributed by atoms with van der Waals surface area (Å²) in [4.78, 5) is 15.0. The number of hydrogen-bond donors (Lipinski definition) is 2. The third kappa shape index (κ3) is 3.84. The predicted molar refractivity (Wildman–Crippen MR) is 99.3 cm³/mol. The van der Waals surface area contributed by atoms with Gasteiger partial charge in [0.05, 0.1) is 4.90 Å². The van der Waals surface area contributed by atoms with Gasteiger partial charge in [0.15, 0.2) is 0 Å². The van der Waals surface area contributed by atoms with Gasteiger partial charge in [0.25, 0.3) is 5.56 Å². The van der Waals surface area contributed by atoms with Crippen molar-refractivity contribution in [1.82, 2.24) is 9.71 Å². The van der Waals surface area contributed by atoms with Crippen molar-refractivity contribution in [3.63, 3.8) is 0 Å². The molecule has 0 fully saturated rings. The van der Waals surface area contributed by atoms with E-state index in [1.54, 1.807) is 6.07 Å². The lowest BCUT2D eigenvalue weighted by Crippen LogP contribution is -2.27. The van der Waals surface area contributed by atoms with E-state index in [1.165, 1.54) is 19.1 Å². The van der Waals surface area contributed by atoms with E-state index in [0.29, 0.717) is 5.56 Å². The van der Waals surface area contributed by atoms with Gasteiger partial charge in [0.1, 0.15) is 5.82 Å². The Morgan fingerprint density at radius 3 is 2.58 bits per heavy atom. The molecule has 0 atom stereocenters. The van der Waals surface area contributed by atoms with Crippen LogP contribution in [0.15, 0.2) is 52.2 Å². The minimum Gasteiger partial charge on any atom is -0.322 e. The predicted octanol–water partition coefficient (Wildman–Crippen LogP) is 2.81. The summed E-state index contributed by atoms with van der Waals surface area (Å²) in [7, 11) is -3.76. The van der Waals surface area contributed by atoms with Gasteiger partial charge >= 0.3 is 0 Å². The first-order valence-electron chi connectivity index (χ1n) is 8.15. The smallest absolute Gasteiger partial charge is 0.251 e. The Balaban J connectivity index is 1.76. The normalized spacial score (nSPS) is 11.8. The standard InChI is InChI=1S/C19H19FN2O3S/c1-12-3-6-18-15(9-12)11-14(19(23)22-18)7-8-21-26(24,25)16-4-5-17(20)13(2)10-16/h3-6,9-11,21H,7-8H2,1-2H3,(H,22,23). The zero-order valence-corrected chi connectivity index (χ0v) is 15.3. The summed E-state index contributed by atoms with van der Waals surface area (Å²) >= 11 is 0. The fraction of sp³-hybridized carbons (Fsp3) is 0.211. The van der Waals surface area contributed by atoms with Crippen LogP contribution in [0, 0.1) is 19.7 Å². The topological polar surface area (TPSA) is 79.0 Å². The van der Waals surface area contributed by atoms with Crippen LogP contribution in [-0.2, 0) is 16.4 Å². The summed E-state index contributed by atoms with van der Waals surface area (Å²) in [5, 5.41) is 0.900. The molecule has 0 radical (unpaired) electrons. The van der Waals surface area contributed by atoms with E-state index >= 15 is 0 Å². The molecule has 7 heteroatoms. The van der Waals surface area contributed by atoms with Crippen LogP contribution < -0.4 is 10.3 Å². The van der Waals surface area contributed by atoms with Gasteiger partial charge in [-0.1, -0.05) is 11.6 Å². The number of rotatable bonds is 5. The summed E-state index contributed by atoms with van der Waals surface area (Å²) in [6.07, 6.45) is 0.249. The molecule has 0 bridgehead atoms. The number of aromatic amines is 1. The molecule has 0 aliphatic heterocycles. The fourth-order valence-electron chi connectivity index (χ4n) is 2.74. The van der Waals surface area contributed by atoms with Crippen molar-refractivity contribution >= 4 is 20.9 Å². The highest BCUT2D eigenvalue weighted by Crippen LogP contribution is 2.15. The third-order valence-electron chi connectivity index (χ3n) is 4.20. The summed E-state index contributed by atoms with van der Waals surface area (Å²) in [6.45, 7) is 3.53. The van der Waals surface area contributed by atoms with Crippen molar-refractivity contribution in [2.45, 2.75) is 25.2 Å². The van der Waals surface area contributed by atoms with Gasteiger partial charge in [-0.3, -0.25) is 4.79 Å². The molecular formula is C19H19FN2O3S. The van der Waals surface area contributed by atoms with E-state index in [9.17, 15) is 17.6 Å². The lowest BCUT2D eigenvalue weighted by Gasteiger charge is -2.08. The Labute approximate surface area is 150 Å². The van der Waals surface area contributed by atoms with Gasteiger partial charge in [0, 0.05) is 17.6 Å². The molecule has 2 aromatic carbocycles. The largest absolute Gasteiger partial charge is 0.322 e. The van der Waals surface area contributed by atoms with Gasteiger partial charge in [-0.25, -0.2) is 17.5 Å². The molecule has 1 aromatic heterocycles. The van der Waals surface area contributed by atoms with Gasteiger partial charge in [-0.05, 0) is 67.6 Å². The zero-order chi connectivity index (χ0) is 18.9. The van der Waals surface area contributed by atoms with Crippen molar-refractivity contribution in [3.8, 4) is 0 Å². The molecule has 26 heavy (non-hydrogen) atoms. The Hall–Kier alpha value is -2.51. The Morgan fingerprint density at radius 1 is 1.08 bits per heavy atom. The highest BCUT2D eigenvalue weighted by Gasteiger charge is 2.15. The highest BCUT2D eigenvalue weighted by atomic mass is 32.2. The zero-order valence-electron chi connectivity index (χ0n) is 14.5. The van der Waals surface area contributed by atoms with Crippen molar-refractivity contribution < 1.29 is 12.8 Å². The molecule has 3 aromatic rings. The number of halogens is 1. The Bertz CT molecular complexity index is 1140. The number of aryl methyl sites for hydroxylation is 2. The second-order valence-electron chi connectivity index (χ2n) is 6.27. The van der Waals surface area contributed by atoms with Crippen LogP contribution in [0.25, 0.3) is 10.9 Å². The molecule has 2 N–H and O–H groups in total. The second kappa shape index (κ2) is 7.01. The fourth-order valence-corrected chi connectivity index (χ4v) is 3.86. The molecule has 0 saturated carbocycles. The van der Waals surface area contributed by atoms with Crippen molar-refractivity contribution in [2.24, 2.45) is 0 Å². The first kappa shape index (κ1) is 18.3. The summed E-state index contributed by atoms with van der Waals surface area (Å²) < 4.78 is 40.4. The Kier molecular flexibility index (Phi) is 4.93. The van der Waals surface area contributed by atoms with E-state index in [1.807, 2.05) is 25.1 Å². The Morgan fingerprint density at radius 2 is 1.85 bits per heavy atom. The van der Waals surface area contributed by atoms with E-state index < -0.39 is 15.8 Å². The maximum Gasteiger partial charge on any atom is 0.251 e. The molecule has 5 nitrogen and oxygen atoms in total. The van der Waals surface area contributed by atoms with Crippen LogP contribution in [0.1, 0.15) is 16.7 Å². The highest BCUT2D eigenvalue weighted by molar-refractivity contribution is 7.89. The van der Waals surface area contributed by atoms with Crippen LogP contribution in [0.3, 0.4) is 0 Å². The number of pyridine rings is 1. The number of benzene rings is 2. The summed E-state index contributed by atoms with van der Waals surface area (Å²) in [6, 6.07) is 11.1. The van der Waals surface area contributed by atoms with Crippen molar-refractivity contribution in [1.29, 1.82) is 0 Å². The maximum absolute atomic E-state index is 13.3. The van der Waals surface area contributed by atoms with Crippen LogP contribution in [0.4, 0.5) is 4.39 Å². The maximum atomic E-state index is 13.3. The lowest BCUT2D eigenvalue weighted by molar-refractivity contribution is 0.580. The second-order valence-corrected chi connectivity index (χ2v) is 8.04. The molecule has 0 aliphatic rings. The number of hydrogen-bond acceptors (Lipinski definition) is 3. The number of nitrogens with one attached hydrogen (secondary N) is 2. The van der Waals surface area contributed by atoms with Crippen LogP contribution in [0.5, 0.6) is 0 Å².